The van der Waals surface area contributed by atoms with Gasteiger partial charge in [0, 0.05) is 22.5 Å². The molecular formula is C29H33F2N5O7S. The van der Waals surface area contributed by atoms with E-state index in [1.165, 1.54) is 25.3 Å². The maximum absolute atomic E-state index is 14.8. The van der Waals surface area contributed by atoms with E-state index in [0.717, 1.165) is 28.4 Å². The van der Waals surface area contributed by atoms with Crippen molar-refractivity contribution in [3.05, 3.63) is 70.8 Å². The Kier molecular flexibility index (Phi) is 11.7. The van der Waals surface area contributed by atoms with Gasteiger partial charge in [0.05, 0.1) is 38.1 Å². The molecule has 12 nitrogen and oxygen atoms in total. The summed E-state index contributed by atoms with van der Waals surface area (Å²) in [7, 11) is 4.74. The molecule has 0 aliphatic carbocycles. The van der Waals surface area contributed by atoms with E-state index in [9.17, 15) is 28.0 Å². The molecule has 0 saturated carbocycles. The lowest BCUT2D eigenvalue weighted by molar-refractivity contribution is 0.0525. The third kappa shape index (κ3) is 7.67. The zero-order valence-electron chi connectivity index (χ0n) is 24.8. The Morgan fingerprint density at radius 1 is 0.909 bits per heavy atom. The number of urea groups is 2. The van der Waals surface area contributed by atoms with Crippen molar-refractivity contribution < 1.29 is 42.3 Å². The highest BCUT2D eigenvalue weighted by molar-refractivity contribution is 7.20. The standard InChI is InChI=1S/C29H33F2N5O7S/c1-6-42-26(37)23-20(15-34(3)4)24(17-11-13-18(14-12-17)36(27(32)38)28(39)33-41-5)44-25(23)35(29(40)43-7-2)16-19-21(30)9-8-10-22(19)31/h8-14H,6-7,15-16H2,1-5H3,(H2,32,38)(H,33,39). The number of halogens is 2. The molecule has 0 spiro atoms. The van der Waals surface area contributed by atoms with Crippen LogP contribution in [0.4, 0.5) is 33.9 Å². The largest absolute Gasteiger partial charge is 0.462 e. The molecule has 3 rings (SSSR count). The summed E-state index contributed by atoms with van der Waals surface area (Å²) in [5, 5.41) is 0.0544. The van der Waals surface area contributed by atoms with Gasteiger partial charge in [0.25, 0.3) is 0 Å². The minimum absolute atomic E-state index is 0.0210. The number of hydrogen-bond acceptors (Lipinski definition) is 9. The number of hydrogen-bond donors (Lipinski definition) is 2. The molecule has 3 N–H and O–H groups in total. The van der Waals surface area contributed by atoms with Crippen LogP contribution in [0.15, 0.2) is 42.5 Å². The number of amides is 5. The number of rotatable bonds is 11. The number of benzene rings is 2. The van der Waals surface area contributed by atoms with Crippen LogP contribution in [0, 0.1) is 11.6 Å². The third-order valence-electron chi connectivity index (χ3n) is 6.05. The fraction of sp³-hybridized carbons (Fsp3) is 0.310. The summed E-state index contributed by atoms with van der Waals surface area (Å²) in [5.41, 5.74) is 8.17. The zero-order valence-corrected chi connectivity index (χ0v) is 25.6. The molecule has 2 aromatic carbocycles. The molecule has 0 aliphatic rings. The monoisotopic (exact) mass is 633 g/mol. The summed E-state index contributed by atoms with van der Waals surface area (Å²) in [5.74, 6) is -2.51. The molecule has 0 aliphatic heterocycles. The third-order valence-corrected chi connectivity index (χ3v) is 7.36. The van der Waals surface area contributed by atoms with Crippen molar-refractivity contribution in [3.8, 4) is 10.4 Å². The summed E-state index contributed by atoms with van der Waals surface area (Å²) >= 11 is 1.01. The molecule has 0 radical (unpaired) electrons. The number of nitrogens with one attached hydrogen (secondary N) is 1. The second-order valence-corrected chi connectivity index (χ2v) is 10.4. The fourth-order valence-electron chi connectivity index (χ4n) is 4.26. The number of ether oxygens (including phenoxy) is 2. The van der Waals surface area contributed by atoms with Gasteiger partial charge < -0.3 is 20.1 Å². The maximum atomic E-state index is 14.8. The molecule has 0 saturated heterocycles. The highest BCUT2D eigenvalue weighted by atomic mass is 32.1. The summed E-state index contributed by atoms with van der Waals surface area (Å²) in [4.78, 5) is 59.6. The Morgan fingerprint density at radius 2 is 1.52 bits per heavy atom. The molecule has 5 amide bonds. The van der Waals surface area contributed by atoms with Crippen LogP contribution in [0.5, 0.6) is 0 Å². The predicted octanol–water partition coefficient (Wildman–Crippen LogP) is 5.25. The first-order valence-corrected chi connectivity index (χ1v) is 14.1. The maximum Gasteiger partial charge on any atom is 0.415 e. The molecule has 3 aromatic rings. The lowest BCUT2D eigenvalue weighted by atomic mass is 10.0. The van der Waals surface area contributed by atoms with Crippen molar-refractivity contribution in [2.45, 2.75) is 26.9 Å². The second-order valence-electron chi connectivity index (χ2n) is 9.37. The Bertz CT molecular complexity index is 1490. The fourth-order valence-corrected chi connectivity index (χ4v) is 5.55. The van der Waals surface area contributed by atoms with E-state index in [1.54, 1.807) is 45.0 Å². The van der Waals surface area contributed by atoms with Crippen molar-refractivity contribution in [2.24, 2.45) is 5.73 Å². The summed E-state index contributed by atoms with van der Waals surface area (Å²) in [6.45, 7) is 2.81. The van der Waals surface area contributed by atoms with Gasteiger partial charge in [-0.15, -0.1) is 11.3 Å². The molecular weight excluding hydrogens is 600 g/mol. The van der Waals surface area contributed by atoms with E-state index < -0.39 is 47.9 Å². The molecule has 15 heteroatoms. The molecule has 44 heavy (non-hydrogen) atoms. The number of hydroxylamine groups is 1. The van der Waals surface area contributed by atoms with Crippen LogP contribution in [0.3, 0.4) is 0 Å². The van der Waals surface area contributed by atoms with E-state index in [4.69, 9.17) is 15.2 Å². The van der Waals surface area contributed by atoms with Gasteiger partial charge in [-0.3, -0.25) is 9.74 Å². The number of esters is 1. The number of carbonyl (C=O) groups excluding carboxylic acids is 4. The zero-order chi connectivity index (χ0) is 32.6. The molecule has 1 aromatic heterocycles. The molecule has 0 bridgehead atoms. The molecule has 1 heterocycles. The van der Waals surface area contributed by atoms with Crippen LogP contribution < -0.4 is 21.0 Å². The number of anilines is 2. The number of nitrogens with zero attached hydrogens (tertiary/aromatic N) is 3. The first-order chi connectivity index (χ1) is 20.9. The average molecular weight is 634 g/mol. The first kappa shape index (κ1) is 33.9. The van der Waals surface area contributed by atoms with E-state index >= 15 is 0 Å². The number of carbonyl (C=O) groups is 4. The minimum Gasteiger partial charge on any atom is -0.462 e. The number of primary amides is 1. The van der Waals surface area contributed by atoms with Crippen LogP contribution in [-0.2, 0) is 27.4 Å². The second kappa shape index (κ2) is 15.2. The van der Waals surface area contributed by atoms with E-state index in [0.29, 0.717) is 20.9 Å². The Hall–Kier alpha value is -4.60. The van der Waals surface area contributed by atoms with Gasteiger partial charge >= 0.3 is 24.1 Å². The normalized spacial score (nSPS) is 10.8. The molecule has 0 atom stereocenters. The summed E-state index contributed by atoms with van der Waals surface area (Å²) in [6.07, 6.45) is -0.929. The molecule has 0 fully saturated rings. The van der Waals surface area contributed by atoms with Gasteiger partial charge in [0.15, 0.2) is 0 Å². The Labute approximate surface area is 256 Å². The minimum atomic E-state index is -1.06. The van der Waals surface area contributed by atoms with E-state index in [-0.39, 0.29) is 36.0 Å². The van der Waals surface area contributed by atoms with Crippen LogP contribution in [0.2, 0.25) is 0 Å². The number of imide groups is 1. The van der Waals surface area contributed by atoms with Gasteiger partial charge in [0.1, 0.15) is 16.6 Å². The quantitative estimate of drug-likeness (QED) is 0.215. The lowest BCUT2D eigenvalue weighted by Gasteiger charge is -2.22. The number of nitrogens with two attached hydrogens (primary N) is 1. The van der Waals surface area contributed by atoms with Crippen molar-refractivity contribution in [3.63, 3.8) is 0 Å². The Balaban J connectivity index is 2.27. The first-order valence-electron chi connectivity index (χ1n) is 13.3. The summed E-state index contributed by atoms with van der Waals surface area (Å²) in [6, 6.07) is 7.42. The van der Waals surface area contributed by atoms with Crippen molar-refractivity contribution in [2.75, 3.05) is 44.2 Å². The van der Waals surface area contributed by atoms with E-state index in [2.05, 4.69) is 4.84 Å². The smallest absolute Gasteiger partial charge is 0.415 e. The van der Waals surface area contributed by atoms with Crippen LogP contribution in [0.25, 0.3) is 10.4 Å². The highest BCUT2D eigenvalue weighted by Crippen LogP contribution is 2.44. The topological polar surface area (TPSA) is 144 Å². The SMILES string of the molecule is CCOC(=O)c1c(N(Cc2c(F)cccc2F)C(=O)OCC)sc(-c2ccc(N(C(N)=O)C(=O)NOC)cc2)c1CN(C)C. The highest BCUT2D eigenvalue weighted by Gasteiger charge is 2.33. The van der Waals surface area contributed by atoms with Gasteiger partial charge in [-0.05, 0) is 57.8 Å². The Morgan fingerprint density at radius 3 is 2.05 bits per heavy atom. The van der Waals surface area contributed by atoms with Crippen molar-refractivity contribution in [1.29, 1.82) is 0 Å². The lowest BCUT2D eigenvalue weighted by Crippen LogP contribution is -2.46. The van der Waals surface area contributed by atoms with Crippen LogP contribution in [-0.4, -0.2) is 63.4 Å². The van der Waals surface area contributed by atoms with Crippen LogP contribution >= 0.6 is 11.3 Å². The van der Waals surface area contributed by atoms with Gasteiger partial charge in [-0.2, -0.15) is 0 Å². The van der Waals surface area contributed by atoms with Gasteiger partial charge in [-0.25, -0.2) is 38.3 Å². The van der Waals surface area contributed by atoms with Crippen molar-refractivity contribution >= 4 is 46.2 Å². The number of thiophene rings is 1. The van der Waals surface area contributed by atoms with Crippen molar-refractivity contribution in [1.82, 2.24) is 10.4 Å². The van der Waals surface area contributed by atoms with Crippen LogP contribution in [0.1, 0.15) is 35.3 Å². The molecule has 236 valence electrons. The average Bonchev–Trinajstić information content (AvgIpc) is 3.31. The van der Waals surface area contributed by atoms with Gasteiger partial charge in [0.2, 0.25) is 0 Å². The molecule has 0 unspecified atom stereocenters. The van der Waals surface area contributed by atoms with Gasteiger partial charge in [-0.1, -0.05) is 18.2 Å². The predicted molar refractivity (Wildman–Crippen MR) is 160 cm³/mol. The summed E-state index contributed by atoms with van der Waals surface area (Å²) < 4.78 is 40.1. The van der Waals surface area contributed by atoms with E-state index in [1.807, 2.05) is 5.48 Å².